The van der Waals surface area contributed by atoms with Crippen LogP contribution in [-0.2, 0) is 0 Å². The fraction of sp³-hybridized carbons (Fsp3) is 1.00. The lowest BCUT2D eigenvalue weighted by atomic mass is 9.86. The van der Waals surface area contributed by atoms with E-state index in [-0.39, 0.29) is 6.10 Å². The second-order valence-corrected chi connectivity index (χ2v) is 5.95. The minimum atomic E-state index is -0.0512. The third-order valence-corrected chi connectivity index (χ3v) is 4.49. The van der Waals surface area contributed by atoms with Crippen LogP contribution in [0.5, 0.6) is 0 Å². The molecule has 0 aromatic heterocycles. The molecule has 1 aliphatic heterocycles. The van der Waals surface area contributed by atoms with E-state index in [2.05, 4.69) is 17.3 Å². The van der Waals surface area contributed by atoms with Crippen molar-refractivity contribution in [3.63, 3.8) is 0 Å². The maximum Gasteiger partial charge on any atom is 0.0580 e. The molecule has 0 radical (unpaired) electrons. The number of nitrogens with one attached hydrogen (secondary N) is 1. The molecule has 100 valence electrons. The van der Waals surface area contributed by atoms with E-state index >= 15 is 0 Å². The van der Waals surface area contributed by atoms with Crippen LogP contribution in [0.3, 0.4) is 0 Å². The first-order chi connectivity index (χ1) is 8.25. The number of aliphatic hydroxyl groups is 1. The van der Waals surface area contributed by atoms with E-state index in [0.29, 0.717) is 12.0 Å². The number of hydrogen-bond acceptors (Lipinski definition) is 3. The molecule has 2 N–H and O–H groups in total. The van der Waals surface area contributed by atoms with Crippen molar-refractivity contribution in [2.45, 2.75) is 57.1 Å². The third kappa shape index (κ3) is 4.23. The average Bonchev–Trinajstić information content (AvgIpc) is 2.53. The van der Waals surface area contributed by atoms with Gasteiger partial charge >= 0.3 is 0 Å². The van der Waals surface area contributed by atoms with Gasteiger partial charge in [-0.05, 0) is 58.2 Å². The van der Waals surface area contributed by atoms with Gasteiger partial charge in [0, 0.05) is 12.6 Å². The zero-order chi connectivity index (χ0) is 12.1. The smallest absolute Gasteiger partial charge is 0.0580 e. The molecule has 3 atom stereocenters. The predicted molar refractivity (Wildman–Crippen MR) is 71.1 cm³/mol. The summed E-state index contributed by atoms with van der Waals surface area (Å²) < 4.78 is 0. The van der Waals surface area contributed by atoms with Crippen molar-refractivity contribution < 1.29 is 5.11 Å². The molecular weight excluding hydrogens is 212 g/mol. The molecule has 1 saturated heterocycles. The Labute approximate surface area is 106 Å². The predicted octanol–water partition coefficient (Wildman–Crippen LogP) is 1.61. The van der Waals surface area contributed by atoms with Crippen LogP contribution in [-0.4, -0.2) is 48.8 Å². The summed E-state index contributed by atoms with van der Waals surface area (Å²) >= 11 is 0. The summed E-state index contributed by atoms with van der Waals surface area (Å²) in [4.78, 5) is 2.43. The number of aliphatic hydroxyl groups excluding tert-OH is 1. The molecule has 1 aliphatic carbocycles. The van der Waals surface area contributed by atoms with Gasteiger partial charge in [-0.15, -0.1) is 0 Å². The number of likely N-dealkylation sites (tertiary alicyclic amines) is 1. The van der Waals surface area contributed by atoms with Gasteiger partial charge in [-0.1, -0.05) is 12.8 Å². The van der Waals surface area contributed by atoms with Crippen LogP contribution in [0, 0.1) is 5.92 Å². The van der Waals surface area contributed by atoms with E-state index in [1.165, 1.54) is 51.6 Å². The Balaban J connectivity index is 1.69. The monoisotopic (exact) mass is 240 g/mol. The molecule has 3 nitrogen and oxygen atoms in total. The van der Waals surface area contributed by atoms with E-state index in [4.69, 9.17) is 0 Å². The van der Waals surface area contributed by atoms with E-state index in [0.717, 1.165) is 13.0 Å². The zero-order valence-corrected chi connectivity index (χ0v) is 11.2. The summed E-state index contributed by atoms with van der Waals surface area (Å²) in [5.74, 6) is 0.504. The van der Waals surface area contributed by atoms with Gasteiger partial charge in [0.05, 0.1) is 6.10 Å². The number of rotatable bonds is 3. The molecule has 0 spiro atoms. The molecule has 0 aromatic rings. The van der Waals surface area contributed by atoms with E-state index < -0.39 is 0 Å². The molecule has 3 unspecified atom stereocenters. The van der Waals surface area contributed by atoms with Gasteiger partial charge in [-0.2, -0.15) is 0 Å². The Bertz CT molecular complexity index is 222. The van der Waals surface area contributed by atoms with Gasteiger partial charge in [0.15, 0.2) is 0 Å². The molecule has 1 saturated carbocycles. The minimum absolute atomic E-state index is 0.0512. The van der Waals surface area contributed by atoms with Gasteiger partial charge in [-0.3, -0.25) is 0 Å². The zero-order valence-electron chi connectivity index (χ0n) is 11.2. The first kappa shape index (κ1) is 13.3. The van der Waals surface area contributed by atoms with Crippen molar-refractivity contribution >= 4 is 0 Å². The van der Waals surface area contributed by atoms with Crippen LogP contribution in [0.1, 0.15) is 44.9 Å². The molecule has 2 rings (SSSR count). The lowest BCUT2D eigenvalue weighted by Crippen LogP contribution is -2.39. The van der Waals surface area contributed by atoms with Gasteiger partial charge in [0.2, 0.25) is 0 Å². The topological polar surface area (TPSA) is 35.5 Å². The highest BCUT2D eigenvalue weighted by atomic mass is 16.3. The highest BCUT2D eigenvalue weighted by Gasteiger charge is 2.24. The highest BCUT2D eigenvalue weighted by molar-refractivity contribution is 4.80. The van der Waals surface area contributed by atoms with E-state index in [1.54, 1.807) is 0 Å². The summed E-state index contributed by atoms with van der Waals surface area (Å²) in [7, 11) is 2.22. The molecule has 0 amide bonds. The van der Waals surface area contributed by atoms with E-state index in [9.17, 15) is 5.11 Å². The molecule has 0 aromatic carbocycles. The van der Waals surface area contributed by atoms with Crippen molar-refractivity contribution in [1.82, 2.24) is 10.2 Å². The van der Waals surface area contributed by atoms with Gasteiger partial charge in [-0.25, -0.2) is 0 Å². The fourth-order valence-electron chi connectivity index (χ4n) is 3.19. The molecule has 3 heteroatoms. The first-order valence-corrected chi connectivity index (χ1v) is 7.35. The highest BCUT2D eigenvalue weighted by Crippen LogP contribution is 2.24. The van der Waals surface area contributed by atoms with Crippen LogP contribution in [0.25, 0.3) is 0 Å². The van der Waals surface area contributed by atoms with Crippen LogP contribution in [0.4, 0.5) is 0 Å². The second-order valence-electron chi connectivity index (χ2n) is 5.95. The molecule has 0 bridgehead atoms. The summed E-state index contributed by atoms with van der Waals surface area (Å²) in [6, 6.07) is 0.675. The van der Waals surface area contributed by atoms with Crippen molar-refractivity contribution in [3.05, 3.63) is 0 Å². The number of nitrogens with zero attached hydrogens (tertiary/aromatic N) is 1. The summed E-state index contributed by atoms with van der Waals surface area (Å²) in [6.45, 7) is 3.48. The second kappa shape index (κ2) is 6.72. The van der Waals surface area contributed by atoms with Crippen molar-refractivity contribution in [2.75, 3.05) is 26.7 Å². The number of hydrogen-bond donors (Lipinski definition) is 2. The van der Waals surface area contributed by atoms with Crippen LogP contribution < -0.4 is 5.32 Å². The molecule has 17 heavy (non-hydrogen) atoms. The van der Waals surface area contributed by atoms with Crippen molar-refractivity contribution in [1.29, 1.82) is 0 Å². The SMILES string of the molecule is CN1CCCC(NCC2CCCCC2O)CC1. The van der Waals surface area contributed by atoms with Crippen molar-refractivity contribution in [3.8, 4) is 0 Å². The third-order valence-electron chi connectivity index (χ3n) is 4.49. The van der Waals surface area contributed by atoms with Gasteiger partial charge in [0.25, 0.3) is 0 Å². The van der Waals surface area contributed by atoms with Gasteiger partial charge in [0.1, 0.15) is 0 Å². The van der Waals surface area contributed by atoms with Crippen LogP contribution in [0.15, 0.2) is 0 Å². The normalized spacial score (nSPS) is 36.7. The Morgan fingerprint density at radius 1 is 1.06 bits per heavy atom. The minimum Gasteiger partial charge on any atom is -0.393 e. The Morgan fingerprint density at radius 2 is 1.88 bits per heavy atom. The lowest BCUT2D eigenvalue weighted by molar-refractivity contribution is 0.0678. The molecule has 1 heterocycles. The maximum absolute atomic E-state index is 9.95. The molecule has 2 fully saturated rings. The summed E-state index contributed by atoms with van der Waals surface area (Å²) in [5, 5.41) is 13.6. The fourth-order valence-corrected chi connectivity index (χ4v) is 3.19. The Kier molecular flexibility index (Phi) is 5.26. The van der Waals surface area contributed by atoms with Crippen LogP contribution in [0.2, 0.25) is 0 Å². The summed E-state index contributed by atoms with van der Waals surface area (Å²) in [6.07, 6.45) is 8.56. The van der Waals surface area contributed by atoms with Crippen LogP contribution >= 0.6 is 0 Å². The van der Waals surface area contributed by atoms with Gasteiger partial charge < -0.3 is 15.3 Å². The molecule has 2 aliphatic rings. The maximum atomic E-state index is 9.95. The average molecular weight is 240 g/mol. The summed E-state index contributed by atoms with van der Waals surface area (Å²) in [5.41, 5.74) is 0. The Hall–Kier alpha value is -0.120. The first-order valence-electron chi connectivity index (χ1n) is 7.35. The lowest BCUT2D eigenvalue weighted by Gasteiger charge is -2.29. The standard InChI is InChI=1S/C14H28N2O/c1-16-9-4-6-13(8-10-16)15-11-12-5-2-3-7-14(12)17/h12-15,17H,2-11H2,1H3. The molecular formula is C14H28N2O. The van der Waals surface area contributed by atoms with Crippen molar-refractivity contribution in [2.24, 2.45) is 5.92 Å². The largest absolute Gasteiger partial charge is 0.393 e. The quantitative estimate of drug-likeness (QED) is 0.787. The Morgan fingerprint density at radius 3 is 2.71 bits per heavy atom. The van der Waals surface area contributed by atoms with E-state index in [1.807, 2.05) is 0 Å².